The third-order valence-electron chi connectivity index (χ3n) is 4.05. The van der Waals surface area contributed by atoms with Gasteiger partial charge >= 0.3 is 0 Å². The Kier molecular flexibility index (Phi) is 3.40. The van der Waals surface area contributed by atoms with Gasteiger partial charge in [0, 0.05) is 6.54 Å². The molecule has 0 aromatic heterocycles. The van der Waals surface area contributed by atoms with E-state index in [-0.39, 0.29) is 17.9 Å². The number of hydrogen-bond donors (Lipinski definition) is 1. The van der Waals surface area contributed by atoms with E-state index in [1.807, 2.05) is 4.90 Å². The van der Waals surface area contributed by atoms with Gasteiger partial charge in [0.2, 0.25) is 11.8 Å². The van der Waals surface area contributed by atoms with Crippen LogP contribution in [0.15, 0.2) is 0 Å². The molecule has 1 unspecified atom stereocenters. The van der Waals surface area contributed by atoms with Gasteiger partial charge in [0.15, 0.2) is 0 Å². The van der Waals surface area contributed by atoms with Crippen LogP contribution < -0.4 is 5.32 Å². The monoisotopic (exact) mass is 238 g/mol. The van der Waals surface area contributed by atoms with Gasteiger partial charge in [0.05, 0.1) is 0 Å². The van der Waals surface area contributed by atoms with Gasteiger partial charge in [-0.3, -0.25) is 9.59 Å². The molecule has 96 valence electrons. The van der Waals surface area contributed by atoms with Crippen molar-refractivity contribution in [3.8, 4) is 0 Å². The number of piperazine rings is 1. The third kappa shape index (κ3) is 1.94. The lowest BCUT2D eigenvalue weighted by Crippen LogP contribution is -2.70. The third-order valence-corrected chi connectivity index (χ3v) is 4.05. The molecule has 1 aliphatic carbocycles. The van der Waals surface area contributed by atoms with Crippen LogP contribution in [-0.2, 0) is 9.59 Å². The van der Waals surface area contributed by atoms with E-state index in [2.05, 4.69) is 12.2 Å². The second-order valence-corrected chi connectivity index (χ2v) is 5.28. The first-order valence-electron chi connectivity index (χ1n) is 6.74. The highest BCUT2D eigenvalue weighted by Gasteiger charge is 2.51. The van der Waals surface area contributed by atoms with Crippen molar-refractivity contribution in [2.24, 2.45) is 0 Å². The number of rotatable bonds is 2. The topological polar surface area (TPSA) is 49.4 Å². The number of amides is 2. The van der Waals surface area contributed by atoms with Crippen LogP contribution in [-0.4, -0.2) is 34.8 Å². The molecule has 1 spiro atoms. The molecule has 2 fully saturated rings. The van der Waals surface area contributed by atoms with E-state index in [1.165, 1.54) is 6.42 Å². The maximum atomic E-state index is 12.3. The lowest BCUT2D eigenvalue weighted by molar-refractivity contribution is -0.159. The van der Waals surface area contributed by atoms with Crippen molar-refractivity contribution in [1.82, 2.24) is 10.2 Å². The lowest BCUT2D eigenvalue weighted by atomic mass is 9.77. The molecule has 1 N–H and O–H groups in total. The van der Waals surface area contributed by atoms with Gasteiger partial charge in [-0.25, -0.2) is 0 Å². The van der Waals surface area contributed by atoms with Crippen LogP contribution in [0.4, 0.5) is 0 Å². The second-order valence-electron chi connectivity index (χ2n) is 5.28. The Morgan fingerprint density at radius 2 is 1.94 bits per heavy atom. The highest BCUT2D eigenvalue weighted by Crippen LogP contribution is 2.36. The van der Waals surface area contributed by atoms with Gasteiger partial charge in [-0.05, 0) is 26.2 Å². The number of carbonyl (C=O) groups excluding carboxylic acids is 2. The van der Waals surface area contributed by atoms with Crippen LogP contribution >= 0.6 is 0 Å². The largest absolute Gasteiger partial charge is 0.343 e. The molecule has 4 nitrogen and oxygen atoms in total. The quantitative estimate of drug-likeness (QED) is 0.791. The summed E-state index contributed by atoms with van der Waals surface area (Å²) in [5.41, 5.74) is -0.530. The van der Waals surface area contributed by atoms with Crippen LogP contribution in [0.3, 0.4) is 0 Å². The summed E-state index contributed by atoms with van der Waals surface area (Å²) in [6, 6.07) is -0.360. The Balaban J connectivity index is 2.30. The number of nitrogens with zero attached hydrogens (tertiary/aromatic N) is 1. The van der Waals surface area contributed by atoms with Crippen molar-refractivity contribution in [1.29, 1.82) is 0 Å². The number of nitrogens with one attached hydrogen (secondary N) is 1. The van der Waals surface area contributed by atoms with Gasteiger partial charge in [0.25, 0.3) is 0 Å². The molecule has 17 heavy (non-hydrogen) atoms. The van der Waals surface area contributed by atoms with Crippen molar-refractivity contribution in [2.45, 2.75) is 64.0 Å². The maximum absolute atomic E-state index is 12.3. The summed E-state index contributed by atoms with van der Waals surface area (Å²) >= 11 is 0. The molecule has 1 atom stereocenters. The Bertz CT molecular complexity index is 321. The Morgan fingerprint density at radius 1 is 1.29 bits per heavy atom. The molecule has 2 amide bonds. The fourth-order valence-corrected chi connectivity index (χ4v) is 3.14. The SMILES string of the molecule is CCCN1C(=O)C(C)NC(=O)C12CCCCC2. The number of hydrogen-bond acceptors (Lipinski definition) is 2. The molecule has 1 saturated carbocycles. The Labute approximate surface area is 103 Å². The molecular formula is C13H22N2O2. The summed E-state index contributed by atoms with van der Waals surface area (Å²) in [4.78, 5) is 26.4. The molecule has 0 bridgehead atoms. The molecule has 1 aliphatic heterocycles. The molecule has 0 radical (unpaired) electrons. The second kappa shape index (κ2) is 4.67. The van der Waals surface area contributed by atoms with Crippen LogP contribution in [0, 0.1) is 0 Å². The van der Waals surface area contributed by atoms with Gasteiger partial charge in [0.1, 0.15) is 11.6 Å². The summed E-state index contributed by atoms with van der Waals surface area (Å²) < 4.78 is 0. The standard InChI is InChI=1S/C13H22N2O2/c1-3-9-15-11(16)10(2)14-12(17)13(15)7-5-4-6-8-13/h10H,3-9H2,1-2H3,(H,14,17). The Morgan fingerprint density at radius 3 is 2.53 bits per heavy atom. The van der Waals surface area contributed by atoms with E-state index < -0.39 is 5.54 Å². The minimum atomic E-state index is -0.530. The van der Waals surface area contributed by atoms with E-state index >= 15 is 0 Å². The molecule has 2 aliphatic rings. The highest BCUT2D eigenvalue weighted by atomic mass is 16.2. The highest BCUT2D eigenvalue weighted by molar-refractivity contribution is 5.99. The zero-order chi connectivity index (χ0) is 12.5. The van der Waals surface area contributed by atoms with E-state index in [1.54, 1.807) is 6.92 Å². The zero-order valence-electron chi connectivity index (χ0n) is 10.8. The average Bonchev–Trinajstić information content (AvgIpc) is 2.34. The van der Waals surface area contributed by atoms with Crippen molar-refractivity contribution in [3.05, 3.63) is 0 Å². The summed E-state index contributed by atoms with van der Waals surface area (Å²) in [6.07, 6.45) is 5.85. The average molecular weight is 238 g/mol. The van der Waals surface area contributed by atoms with E-state index in [9.17, 15) is 9.59 Å². The lowest BCUT2D eigenvalue weighted by Gasteiger charge is -2.49. The molecule has 2 rings (SSSR count). The summed E-state index contributed by atoms with van der Waals surface area (Å²) in [7, 11) is 0. The summed E-state index contributed by atoms with van der Waals surface area (Å²) in [5.74, 6) is 0.158. The van der Waals surface area contributed by atoms with E-state index in [0.29, 0.717) is 6.54 Å². The van der Waals surface area contributed by atoms with E-state index in [0.717, 1.165) is 32.1 Å². The first-order chi connectivity index (χ1) is 8.12. The Hall–Kier alpha value is -1.06. The van der Waals surface area contributed by atoms with Crippen LogP contribution in [0.2, 0.25) is 0 Å². The van der Waals surface area contributed by atoms with Crippen molar-refractivity contribution < 1.29 is 9.59 Å². The first kappa shape index (κ1) is 12.4. The van der Waals surface area contributed by atoms with Gasteiger partial charge in [-0.1, -0.05) is 26.2 Å². The predicted molar refractivity (Wildman–Crippen MR) is 65.4 cm³/mol. The fourth-order valence-electron chi connectivity index (χ4n) is 3.14. The van der Waals surface area contributed by atoms with Crippen LogP contribution in [0.25, 0.3) is 0 Å². The van der Waals surface area contributed by atoms with Gasteiger partial charge < -0.3 is 10.2 Å². The van der Waals surface area contributed by atoms with Crippen molar-refractivity contribution in [2.75, 3.05) is 6.54 Å². The van der Waals surface area contributed by atoms with Gasteiger partial charge in [-0.2, -0.15) is 0 Å². The molecule has 1 saturated heterocycles. The minimum Gasteiger partial charge on any atom is -0.343 e. The molecular weight excluding hydrogens is 216 g/mol. The molecule has 0 aromatic rings. The van der Waals surface area contributed by atoms with Crippen molar-refractivity contribution >= 4 is 11.8 Å². The normalized spacial score (nSPS) is 28.4. The zero-order valence-corrected chi connectivity index (χ0v) is 10.8. The smallest absolute Gasteiger partial charge is 0.246 e. The molecule has 4 heteroatoms. The summed E-state index contributed by atoms with van der Waals surface area (Å²) in [5, 5.41) is 2.85. The van der Waals surface area contributed by atoms with Crippen molar-refractivity contribution in [3.63, 3.8) is 0 Å². The maximum Gasteiger partial charge on any atom is 0.246 e. The number of carbonyl (C=O) groups is 2. The molecule has 1 heterocycles. The van der Waals surface area contributed by atoms with Crippen LogP contribution in [0.1, 0.15) is 52.4 Å². The van der Waals surface area contributed by atoms with Crippen LogP contribution in [0.5, 0.6) is 0 Å². The minimum absolute atomic E-state index is 0.0674. The summed E-state index contributed by atoms with van der Waals surface area (Å²) in [6.45, 7) is 4.54. The fraction of sp³-hybridized carbons (Fsp3) is 0.846. The van der Waals surface area contributed by atoms with E-state index in [4.69, 9.17) is 0 Å². The first-order valence-corrected chi connectivity index (χ1v) is 6.74. The molecule has 0 aromatic carbocycles. The van der Waals surface area contributed by atoms with Gasteiger partial charge in [-0.15, -0.1) is 0 Å². The predicted octanol–water partition coefficient (Wildman–Crippen LogP) is 1.45.